The van der Waals surface area contributed by atoms with Crippen LogP contribution in [0.4, 0.5) is 10.5 Å². The van der Waals surface area contributed by atoms with Gasteiger partial charge in [-0.15, -0.1) is 0 Å². The Kier molecular flexibility index (Phi) is 10.2. The number of carboxylic acid groups (broad SMARTS) is 1. The number of hydrogen-bond donors (Lipinski definition) is 2. The zero-order valence-electron chi connectivity index (χ0n) is 21.8. The first-order chi connectivity index (χ1) is 18.5. The van der Waals surface area contributed by atoms with Crippen molar-refractivity contribution < 1.29 is 28.3 Å². The molecule has 0 heterocycles. The molecule has 0 bridgehead atoms. The molecule has 0 fully saturated rings. The quantitative estimate of drug-likeness (QED) is 0.235. The molecule has 0 saturated heterocycles. The standard InChI is InChI=1S/C28H33N3O7S/c1-21(2)18-29(39(37,38)25-15-13-24(14-16-25)31(35)36)20-27(32)26(17-22-9-5-3-6-10-22)30(28(33)34)19-23-11-7-4-8-12-23/h3-16,21,26-27,32H,17-20H2,1-2H3,(H,33,34)/t26?,27-/m1/s1. The smallest absolute Gasteiger partial charge is 0.407 e. The molecule has 0 aromatic heterocycles. The van der Waals surface area contributed by atoms with Crippen LogP contribution >= 0.6 is 0 Å². The fourth-order valence-electron chi connectivity index (χ4n) is 4.31. The highest BCUT2D eigenvalue weighted by Crippen LogP contribution is 2.23. The van der Waals surface area contributed by atoms with E-state index in [1.54, 1.807) is 24.3 Å². The minimum atomic E-state index is -4.16. The first kappa shape index (κ1) is 29.8. The van der Waals surface area contributed by atoms with Gasteiger partial charge in [-0.3, -0.25) is 15.0 Å². The molecule has 0 spiro atoms. The molecule has 2 N–H and O–H groups in total. The lowest BCUT2D eigenvalue weighted by molar-refractivity contribution is -0.384. The van der Waals surface area contributed by atoms with Gasteiger partial charge in [0, 0.05) is 31.8 Å². The Labute approximate surface area is 228 Å². The molecular weight excluding hydrogens is 522 g/mol. The van der Waals surface area contributed by atoms with E-state index in [1.807, 2.05) is 50.2 Å². The van der Waals surface area contributed by atoms with E-state index < -0.39 is 33.2 Å². The lowest BCUT2D eigenvalue weighted by Crippen LogP contribution is -2.52. The van der Waals surface area contributed by atoms with E-state index in [-0.39, 0.29) is 42.6 Å². The molecule has 1 unspecified atom stereocenters. The van der Waals surface area contributed by atoms with Crippen molar-refractivity contribution in [2.45, 2.75) is 43.9 Å². The molecule has 3 aromatic carbocycles. The van der Waals surface area contributed by atoms with E-state index >= 15 is 0 Å². The fraction of sp³-hybridized carbons (Fsp3) is 0.321. The van der Waals surface area contributed by atoms with Gasteiger partial charge in [0.1, 0.15) is 0 Å². The number of nitrogens with zero attached hydrogens (tertiary/aromatic N) is 3. The molecule has 39 heavy (non-hydrogen) atoms. The van der Waals surface area contributed by atoms with Crippen LogP contribution < -0.4 is 0 Å². The third kappa shape index (κ3) is 8.09. The van der Waals surface area contributed by atoms with Gasteiger partial charge in [-0.05, 0) is 35.6 Å². The van der Waals surface area contributed by atoms with Gasteiger partial charge >= 0.3 is 6.09 Å². The van der Waals surface area contributed by atoms with Gasteiger partial charge in [-0.25, -0.2) is 13.2 Å². The van der Waals surface area contributed by atoms with Crippen molar-refractivity contribution in [2.75, 3.05) is 13.1 Å². The summed E-state index contributed by atoms with van der Waals surface area (Å²) in [7, 11) is -4.16. The Morgan fingerprint density at radius 3 is 1.92 bits per heavy atom. The normalized spacial score (nSPS) is 13.3. The third-order valence-electron chi connectivity index (χ3n) is 6.22. The van der Waals surface area contributed by atoms with Crippen molar-refractivity contribution in [2.24, 2.45) is 5.92 Å². The molecule has 11 heteroatoms. The number of sulfonamides is 1. The number of carbonyl (C=O) groups is 1. The number of aliphatic hydroxyl groups is 1. The number of nitro benzene ring substituents is 1. The summed E-state index contributed by atoms with van der Waals surface area (Å²) in [5.74, 6) is -0.113. The zero-order valence-corrected chi connectivity index (χ0v) is 22.6. The summed E-state index contributed by atoms with van der Waals surface area (Å²) in [6.45, 7) is 3.34. The topological polar surface area (TPSA) is 141 Å². The van der Waals surface area contributed by atoms with Crippen LogP contribution in [0.5, 0.6) is 0 Å². The van der Waals surface area contributed by atoms with Crippen LogP contribution in [0.25, 0.3) is 0 Å². The summed E-state index contributed by atoms with van der Waals surface area (Å²) in [6, 6.07) is 21.6. The molecule has 2 atom stereocenters. The molecule has 0 aliphatic rings. The van der Waals surface area contributed by atoms with Crippen molar-refractivity contribution in [1.82, 2.24) is 9.21 Å². The van der Waals surface area contributed by atoms with Gasteiger partial charge in [0.2, 0.25) is 10.0 Å². The maximum atomic E-state index is 13.6. The number of rotatable bonds is 13. The maximum absolute atomic E-state index is 13.6. The third-order valence-corrected chi connectivity index (χ3v) is 8.06. The first-order valence-electron chi connectivity index (χ1n) is 12.5. The van der Waals surface area contributed by atoms with E-state index in [1.165, 1.54) is 0 Å². The molecule has 3 aromatic rings. The van der Waals surface area contributed by atoms with Crippen molar-refractivity contribution in [3.63, 3.8) is 0 Å². The van der Waals surface area contributed by atoms with Gasteiger partial charge < -0.3 is 10.2 Å². The molecule has 0 aliphatic carbocycles. The Morgan fingerprint density at radius 1 is 0.897 bits per heavy atom. The average molecular weight is 556 g/mol. The molecule has 0 radical (unpaired) electrons. The minimum absolute atomic E-state index is 0.00398. The summed E-state index contributed by atoms with van der Waals surface area (Å²) < 4.78 is 28.3. The second-order valence-electron chi connectivity index (χ2n) is 9.69. The van der Waals surface area contributed by atoms with E-state index in [9.17, 15) is 33.5 Å². The van der Waals surface area contributed by atoms with Gasteiger partial charge in [-0.2, -0.15) is 4.31 Å². The number of aliphatic hydroxyl groups excluding tert-OH is 1. The molecule has 0 saturated carbocycles. The minimum Gasteiger partial charge on any atom is -0.465 e. The number of hydrogen-bond acceptors (Lipinski definition) is 6. The Hall–Kier alpha value is -3.80. The predicted octanol–water partition coefficient (Wildman–Crippen LogP) is 4.39. The van der Waals surface area contributed by atoms with E-state index in [2.05, 4.69) is 0 Å². The molecule has 3 rings (SSSR count). The highest BCUT2D eigenvalue weighted by atomic mass is 32.2. The van der Waals surface area contributed by atoms with E-state index in [0.29, 0.717) is 0 Å². The first-order valence-corrected chi connectivity index (χ1v) is 13.9. The second kappa shape index (κ2) is 13.3. The van der Waals surface area contributed by atoms with Crippen molar-refractivity contribution >= 4 is 21.8 Å². The van der Waals surface area contributed by atoms with E-state index in [4.69, 9.17) is 0 Å². The SMILES string of the molecule is CC(C)CN(C[C@@H](O)C(Cc1ccccc1)N(Cc1ccccc1)C(=O)O)S(=O)(=O)c1ccc([N+](=O)[O-])cc1. The summed E-state index contributed by atoms with van der Waals surface area (Å²) in [4.78, 5) is 23.8. The molecule has 208 valence electrons. The monoisotopic (exact) mass is 555 g/mol. The van der Waals surface area contributed by atoms with Crippen molar-refractivity contribution in [1.29, 1.82) is 0 Å². The summed E-state index contributed by atoms with van der Waals surface area (Å²) in [5, 5.41) is 32.6. The van der Waals surface area contributed by atoms with Crippen LogP contribution in [0.15, 0.2) is 89.8 Å². The number of amides is 1. The summed E-state index contributed by atoms with van der Waals surface area (Å²) >= 11 is 0. The summed E-state index contributed by atoms with van der Waals surface area (Å²) in [6.07, 6.45) is -2.46. The number of benzene rings is 3. The zero-order chi connectivity index (χ0) is 28.6. The molecule has 1 amide bonds. The van der Waals surface area contributed by atoms with Crippen molar-refractivity contribution in [3.05, 3.63) is 106 Å². The average Bonchev–Trinajstić information content (AvgIpc) is 2.91. The second-order valence-corrected chi connectivity index (χ2v) is 11.6. The highest BCUT2D eigenvalue weighted by Gasteiger charge is 2.35. The molecule has 10 nitrogen and oxygen atoms in total. The fourth-order valence-corrected chi connectivity index (χ4v) is 5.94. The van der Waals surface area contributed by atoms with Gasteiger partial charge in [-0.1, -0.05) is 74.5 Å². The van der Waals surface area contributed by atoms with Crippen LogP contribution in [0.2, 0.25) is 0 Å². The summed E-state index contributed by atoms with van der Waals surface area (Å²) in [5.41, 5.74) is 1.27. The predicted molar refractivity (Wildman–Crippen MR) is 147 cm³/mol. The van der Waals surface area contributed by atoms with E-state index in [0.717, 1.165) is 44.6 Å². The number of non-ortho nitro benzene ring substituents is 1. The number of nitro groups is 1. The lowest BCUT2D eigenvalue weighted by atomic mass is 9.98. The van der Waals surface area contributed by atoms with Crippen LogP contribution in [0, 0.1) is 16.0 Å². The van der Waals surface area contributed by atoms with Crippen LogP contribution in [0.3, 0.4) is 0 Å². The highest BCUT2D eigenvalue weighted by molar-refractivity contribution is 7.89. The van der Waals surface area contributed by atoms with Gasteiger partial charge in [0.25, 0.3) is 5.69 Å². The molecular formula is C28H33N3O7S. The van der Waals surface area contributed by atoms with Crippen LogP contribution in [0.1, 0.15) is 25.0 Å². The Balaban J connectivity index is 1.96. The van der Waals surface area contributed by atoms with Crippen LogP contribution in [-0.4, -0.2) is 64.1 Å². The Morgan fingerprint density at radius 2 is 1.44 bits per heavy atom. The Bertz CT molecular complexity index is 1330. The van der Waals surface area contributed by atoms with Crippen molar-refractivity contribution in [3.8, 4) is 0 Å². The van der Waals surface area contributed by atoms with Gasteiger partial charge in [0.05, 0.1) is 22.0 Å². The largest absolute Gasteiger partial charge is 0.465 e. The van der Waals surface area contributed by atoms with Crippen LogP contribution in [-0.2, 0) is 23.0 Å². The lowest BCUT2D eigenvalue weighted by Gasteiger charge is -2.36. The van der Waals surface area contributed by atoms with Gasteiger partial charge in [0.15, 0.2) is 0 Å². The maximum Gasteiger partial charge on any atom is 0.407 e. The molecule has 0 aliphatic heterocycles.